The van der Waals surface area contributed by atoms with Crippen LogP contribution in [0.1, 0.15) is 15.9 Å². The zero-order chi connectivity index (χ0) is 14.7. The summed E-state index contributed by atoms with van der Waals surface area (Å²) in [6.45, 7) is 1.91. The van der Waals surface area contributed by atoms with Crippen LogP contribution in [0.4, 0.5) is 11.4 Å². The lowest BCUT2D eigenvalue weighted by Gasteiger charge is -2.10. The number of nitrogen functional groups attached to an aromatic ring is 1. The molecule has 2 aromatic rings. The van der Waals surface area contributed by atoms with Crippen LogP contribution in [-0.2, 0) is 0 Å². The third-order valence-electron chi connectivity index (χ3n) is 2.91. The van der Waals surface area contributed by atoms with Crippen molar-refractivity contribution in [3.05, 3.63) is 52.5 Å². The second-order valence-corrected chi connectivity index (χ2v) is 4.79. The molecule has 2 rings (SSSR count). The van der Waals surface area contributed by atoms with Gasteiger partial charge in [0.05, 0.1) is 17.8 Å². The molecule has 0 aromatic heterocycles. The number of hydrogen-bond donors (Lipinski definition) is 2. The molecule has 0 aliphatic rings. The first-order chi connectivity index (χ1) is 9.51. The Morgan fingerprint density at radius 1 is 1.25 bits per heavy atom. The van der Waals surface area contributed by atoms with E-state index in [4.69, 9.17) is 22.1 Å². The van der Waals surface area contributed by atoms with Gasteiger partial charge in [0.15, 0.2) is 0 Å². The zero-order valence-corrected chi connectivity index (χ0v) is 12.0. The van der Waals surface area contributed by atoms with Crippen LogP contribution in [0.15, 0.2) is 36.4 Å². The molecule has 1 amide bonds. The normalized spacial score (nSPS) is 10.2. The fraction of sp³-hybridized carbons (Fsp3) is 0.133. The van der Waals surface area contributed by atoms with Gasteiger partial charge in [0, 0.05) is 11.3 Å². The number of nitrogens with two attached hydrogens (primary N) is 1. The van der Waals surface area contributed by atoms with Crippen molar-refractivity contribution in [1.29, 1.82) is 0 Å². The average Bonchev–Trinajstić information content (AvgIpc) is 2.42. The molecule has 104 valence electrons. The number of rotatable bonds is 3. The van der Waals surface area contributed by atoms with Gasteiger partial charge < -0.3 is 15.8 Å². The number of amides is 1. The molecular weight excluding hydrogens is 276 g/mol. The molecule has 4 nitrogen and oxygen atoms in total. The van der Waals surface area contributed by atoms with Gasteiger partial charge in [-0.15, -0.1) is 0 Å². The standard InChI is InChI=1S/C15H15ClN2O2/c1-9-3-4-10(7-14(9)20-2)15(19)18-13-6-5-11(17)8-12(13)16/h3-8H,17H2,1-2H3,(H,18,19). The Morgan fingerprint density at radius 3 is 2.65 bits per heavy atom. The molecule has 2 aromatic carbocycles. The van der Waals surface area contributed by atoms with Crippen LogP contribution < -0.4 is 15.8 Å². The van der Waals surface area contributed by atoms with E-state index in [0.717, 1.165) is 5.56 Å². The van der Waals surface area contributed by atoms with Gasteiger partial charge in [0.25, 0.3) is 5.91 Å². The van der Waals surface area contributed by atoms with Crippen molar-refractivity contribution < 1.29 is 9.53 Å². The molecule has 0 radical (unpaired) electrons. The summed E-state index contributed by atoms with van der Waals surface area (Å²) in [5.41, 5.74) is 8.14. The first-order valence-corrected chi connectivity index (χ1v) is 6.40. The Balaban J connectivity index is 2.24. The number of methoxy groups -OCH3 is 1. The SMILES string of the molecule is COc1cc(C(=O)Nc2ccc(N)cc2Cl)ccc1C. The van der Waals surface area contributed by atoms with E-state index in [9.17, 15) is 4.79 Å². The average molecular weight is 291 g/mol. The highest BCUT2D eigenvalue weighted by atomic mass is 35.5. The van der Waals surface area contributed by atoms with Crippen LogP contribution in [0.25, 0.3) is 0 Å². The predicted octanol–water partition coefficient (Wildman–Crippen LogP) is 3.49. The molecule has 20 heavy (non-hydrogen) atoms. The summed E-state index contributed by atoms with van der Waals surface area (Å²) in [6, 6.07) is 10.2. The van der Waals surface area contributed by atoms with Gasteiger partial charge in [-0.2, -0.15) is 0 Å². The van der Waals surface area contributed by atoms with Crippen molar-refractivity contribution in [2.45, 2.75) is 6.92 Å². The number of carbonyl (C=O) groups excluding carboxylic acids is 1. The zero-order valence-electron chi connectivity index (χ0n) is 11.2. The van der Waals surface area contributed by atoms with Gasteiger partial charge in [-0.3, -0.25) is 4.79 Å². The summed E-state index contributed by atoms with van der Waals surface area (Å²) < 4.78 is 5.20. The highest BCUT2D eigenvalue weighted by Crippen LogP contribution is 2.25. The third-order valence-corrected chi connectivity index (χ3v) is 3.22. The van der Waals surface area contributed by atoms with Crippen LogP contribution in [0, 0.1) is 6.92 Å². The molecule has 0 saturated carbocycles. The summed E-state index contributed by atoms with van der Waals surface area (Å²) in [5, 5.41) is 3.14. The summed E-state index contributed by atoms with van der Waals surface area (Å²) in [4.78, 5) is 12.2. The minimum absolute atomic E-state index is 0.255. The van der Waals surface area contributed by atoms with Crippen LogP contribution in [0.3, 0.4) is 0 Å². The van der Waals surface area contributed by atoms with E-state index >= 15 is 0 Å². The molecule has 0 fully saturated rings. The topological polar surface area (TPSA) is 64.3 Å². The Kier molecular flexibility index (Phi) is 4.15. The maximum Gasteiger partial charge on any atom is 0.255 e. The number of carbonyl (C=O) groups is 1. The molecule has 3 N–H and O–H groups in total. The first-order valence-electron chi connectivity index (χ1n) is 6.02. The van der Waals surface area contributed by atoms with E-state index in [2.05, 4.69) is 5.32 Å². The molecule has 0 saturated heterocycles. The van der Waals surface area contributed by atoms with Crippen molar-refractivity contribution in [3.8, 4) is 5.75 Å². The molecule has 5 heteroatoms. The van der Waals surface area contributed by atoms with Gasteiger partial charge in [-0.1, -0.05) is 17.7 Å². The predicted molar refractivity (Wildman–Crippen MR) is 81.5 cm³/mol. The van der Waals surface area contributed by atoms with Gasteiger partial charge in [-0.05, 0) is 42.8 Å². The van der Waals surface area contributed by atoms with Gasteiger partial charge in [-0.25, -0.2) is 0 Å². The molecule has 0 aliphatic heterocycles. The van der Waals surface area contributed by atoms with E-state index in [-0.39, 0.29) is 5.91 Å². The summed E-state index contributed by atoms with van der Waals surface area (Å²) in [5.74, 6) is 0.413. The lowest BCUT2D eigenvalue weighted by Crippen LogP contribution is -2.12. The van der Waals surface area contributed by atoms with Crippen molar-refractivity contribution in [2.75, 3.05) is 18.2 Å². The Hall–Kier alpha value is -2.20. The maximum atomic E-state index is 12.2. The summed E-state index contributed by atoms with van der Waals surface area (Å²) in [6.07, 6.45) is 0. The number of nitrogens with one attached hydrogen (secondary N) is 1. The smallest absolute Gasteiger partial charge is 0.255 e. The van der Waals surface area contributed by atoms with Crippen molar-refractivity contribution in [1.82, 2.24) is 0 Å². The number of anilines is 2. The Labute approximate surface area is 122 Å². The van der Waals surface area contributed by atoms with E-state index in [0.29, 0.717) is 27.7 Å². The molecule has 0 aliphatic carbocycles. The van der Waals surface area contributed by atoms with E-state index in [1.807, 2.05) is 13.0 Å². The molecule has 0 spiro atoms. The third kappa shape index (κ3) is 3.03. The van der Waals surface area contributed by atoms with Crippen molar-refractivity contribution in [2.24, 2.45) is 0 Å². The van der Waals surface area contributed by atoms with Crippen LogP contribution >= 0.6 is 11.6 Å². The van der Waals surface area contributed by atoms with Crippen molar-refractivity contribution >= 4 is 28.9 Å². The minimum Gasteiger partial charge on any atom is -0.496 e. The first kappa shape index (κ1) is 14.2. The minimum atomic E-state index is -0.255. The highest BCUT2D eigenvalue weighted by molar-refractivity contribution is 6.34. The molecule has 0 atom stereocenters. The fourth-order valence-corrected chi connectivity index (χ4v) is 2.02. The molecular formula is C15H15ClN2O2. The molecule has 0 heterocycles. The van der Waals surface area contributed by atoms with E-state index in [1.165, 1.54) is 0 Å². The van der Waals surface area contributed by atoms with Gasteiger partial charge in [0.2, 0.25) is 0 Å². The second kappa shape index (κ2) is 5.84. The largest absolute Gasteiger partial charge is 0.496 e. The quantitative estimate of drug-likeness (QED) is 0.851. The highest BCUT2D eigenvalue weighted by Gasteiger charge is 2.10. The summed E-state index contributed by atoms with van der Waals surface area (Å²) >= 11 is 6.03. The van der Waals surface area contributed by atoms with Crippen LogP contribution in [0.5, 0.6) is 5.75 Å². The second-order valence-electron chi connectivity index (χ2n) is 4.38. The molecule has 0 bridgehead atoms. The monoisotopic (exact) mass is 290 g/mol. The van der Waals surface area contributed by atoms with Crippen molar-refractivity contribution in [3.63, 3.8) is 0 Å². The lowest BCUT2D eigenvalue weighted by atomic mass is 10.1. The number of hydrogen-bond acceptors (Lipinski definition) is 3. The number of ether oxygens (including phenoxy) is 1. The number of benzene rings is 2. The summed E-state index contributed by atoms with van der Waals surface area (Å²) in [7, 11) is 1.57. The van der Waals surface area contributed by atoms with Gasteiger partial charge in [0.1, 0.15) is 5.75 Å². The van der Waals surface area contributed by atoms with Crippen LogP contribution in [-0.4, -0.2) is 13.0 Å². The Morgan fingerprint density at radius 2 is 2.00 bits per heavy atom. The van der Waals surface area contributed by atoms with E-state index in [1.54, 1.807) is 37.4 Å². The van der Waals surface area contributed by atoms with Gasteiger partial charge >= 0.3 is 0 Å². The molecule has 0 unspecified atom stereocenters. The van der Waals surface area contributed by atoms with Crippen LogP contribution in [0.2, 0.25) is 5.02 Å². The number of aryl methyl sites for hydroxylation is 1. The Bertz CT molecular complexity index is 656. The number of halogens is 1. The lowest BCUT2D eigenvalue weighted by molar-refractivity contribution is 0.102. The van der Waals surface area contributed by atoms with E-state index < -0.39 is 0 Å². The maximum absolute atomic E-state index is 12.2. The fourth-order valence-electron chi connectivity index (χ4n) is 1.79.